The van der Waals surface area contributed by atoms with Gasteiger partial charge in [0.25, 0.3) is 0 Å². The van der Waals surface area contributed by atoms with Gasteiger partial charge in [0.05, 0.1) is 5.70 Å². The van der Waals surface area contributed by atoms with Crippen LogP contribution in [0.5, 0.6) is 0 Å². The minimum absolute atomic E-state index is 0.216. The molecule has 1 aromatic rings. The largest absolute Gasteiger partial charge is 0.476 e. The average Bonchev–Trinajstić information content (AvgIpc) is 2.86. The van der Waals surface area contributed by atoms with Gasteiger partial charge in [-0.1, -0.05) is 39.5 Å². The number of hydrogen-bond acceptors (Lipinski definition) is 5. The van der Waals surface area contributed by atoms with E-state index < -0.39 is 5.97 Å². The molecule has 4 rings (SSSR count). The first-order chi connectivity index (χ1) is 16.9. The molecule has 0 radical (unpaired) electrons. The van der Waals surface area contributed by atoms with Crippen molar-refractivity contribution < 1.29 is 9.90 Å². The molecule has 1 saturated heterocycles. The molecule has 1 aliphatic carbocycles. The number of carboxylic acids is 1. The topological polar surface area (TPSA) is 59.1 Å². The summed E-state index contributed by atoms with van der Waals surface area (Å²) in [4.78, 5) is 19.0. The second-order valence-electron chi connectivity index (χ2n) is 10.0. The normalized spacial score (nSPS) is 19.1. The molecule has 0 saturated carbocycles. The number of hydrogen-bond donors (Lipinski definition) is 2. The van der Waals surface area contributed by atoms with Gasteiger partial charge in [-0.25, -0.2) is 4.79 Å². The van der Waals surface area contributed by atoms with Crippen molar-refractivity contribution in [3.8, 4) is 0 Å². The van der Waals surface area contributed by atoms with Gasteiger partial charge in [-0.15, -0.1) is 0 Å². The summed E-state index contributed by atoms with van der Waals surface area (Å²) in [5.41, 5.74) is 7.11. The number of rotatable bonds is 8. The molecule has 0 unspecified atom stereocenters. The third kappa shape index (κ3) is 5.64. The van der Waals surface area contributed by atoms with Crippen molar-refractivity contribution in [3.63, 3.8) is 0 Å². The number of nitrogens with zero attached hydrogens (tertiary/aromatic N) is 3. The lowest BCUT2D eigenvalue weighted by Crippen LogP contribution is -2.46. The maximum Gasteiger partial charge on any atom is 0.355 e. The number of aliphatic carboxylic acids is 1. The molecule has 0 atom stereocenters. The van der Waals surface area contributed by atoms with E-state index in [9.17, 15) is 9.90 Å². The number of carboxylic acid groups (broad SMARTS) is 1. The van der Waals surface area contributed by atoms with Crippen LogP contribution in [0.2, 0.25) is 0 Å². The fourth-order valence-corrected chi connectivity index (χ4v) is 5.28. The Kier molecular flexibility index (Phi) is 8.01. The van der Waals surface area contributed by atoms with E-state index in [1.165, 1.54) is 35.2 Å². The summed E-state index contributed by atoms with van der Waals surface area (Å²) in [5, 5.41) is 13.5. The highest BCUT2D eigenvalue weighted by Crippen LogP contribution is 2.34. The maximum atomic E-state index is 12.2. The zero-order chi connectivity index (χ0) is 24.9. The number of fused-ring (bicyclic) bond motifs is 1. The van der Waals surface area contributed by atoms with Gasteiger partial charge in [-0.2, -0.15) is 0 Å². The van der Waals surface area contributed by atoms with Crippen molar-refractivity contribution in [2.45, 2.75) is 53.0 Å². The summed E-state index contributed by atoms with van der Waals surface area (Å²) in [6, 6.07) is 4.55. The molecule has 3 aliphatic rings. The lowest BCUT2D eigenvalue weighted by atomic mass is 9.86. The highest BCUT2D eigenvalue weighted by molar-refractivity contribution is 5.88. The molecule has 0 amide bonds. The Morgan fingerprint density at radius 3 is 2.49 bits per heavy atom. The number of anilines is 1. The Labute approximate surface area is 210 Å². The third-order valence-corrected chi connectivity index (χ3v) is 7.31. The lowest BCUT2D eigenvalue weighted by molar-refractivity contribution is -0.134. The van der Waals surface area contributed by atoms with Gasteiger partial charge in [-0.3, -0.25) is 0 Å². The quantitative estimate of drug-likeness (QED) is 0.570. The smallest absolute Gasteiger partial charge is 0.355 e. The van der Waals surface area contributed by atoms with E-state index in [2.05, 4.69) is 54.6 Å². The first-order valence-corrected chi connectivity index (χ1v) is 13.1. The van der Waals surface area contributed by atoms with Crippen LogP contribution in [0.1, 0.15) is 50.3 Å². The molecular formula is C29H40N4O2. The first-order valence-electron chi connectivity index (χ1n) is 13.1. The lowest BCUT2D eigenvalue weighted by Gasteiger charge is -2.38. The third-order valence-electron chi connectivity index (χ3n) is 7.31. The van der Waals surface area contributed by atoms with Crippen molar-refractivity contribution >= 4 is 11.7 Å². The molecule has 1 fully saturated rings. The summed E-state index contributed by atoms with van der Waals surface area (Å²) in [6.07, 6.45) is 12.2. The molecule has 0 bridgehead atoms. The van der Waals surface area contributed by atoms with Crippen LogP contribution in [0.3, 0.4) is 0 Å². The SMILES string of the molecule is C=C1C=CC(NCc2ccc(N3CCN(CC)CC3)c3c2CCCC3)=C(C(=O)O)N1/C=C\C(C)C. The van der Waals surface area contributed by atoms with Crippen molar-refractivity contribution in [3.05, 3.63) is 76.9 Å². The maximum absolute atomic E-state index is 12.2. The van der Waals surface area contributed by atoms with E-state index >= 15 is 0 Å². The van der Waals surface area contributed by atoms with E-state index in [0.717, 1.165) is 45.6 Å². The van der Waals surface area contributed by atoms with Crippen LogP contribution in [0.25, 0.3) is 0 Å². The minimum atomic E-state index is -0.963. The van der Waals surface area contributed by atoms with Crippen molar-refractivity contribution in [1.29, 1.82) is 0 Å². The van der Waals surface area contributed by atoms with Crippen molar-refractivity contribution in [1.82, 2.24) is 15.1 Å². The Morgan fingerprint density at radius 1 is 1.11 bits per heavy atom. The predicted molar refractivity (Wildman–Crippen MR) is 143 cm³/mol. The van der Waals surface area contributed by atoms with Gasteiger partial charge in [0, 0.05) is 50.3 Å². The van der Waals surface area contributed by atoms with Crippen LogP contribution in [0.4, 0.5) is 5.69 Å². The molecule has 0 spiro atoms. The molecule has 2 aliphatic heterocycles. The van der Waals surface area contributed by atoms with Gasteiger partial charge in [0.15, 0.2) is 5.70 Å². The number of piperazine rings is 1. The van der Waals surface area contributed by atoms with Gasteiger partial charge in [0.1, 0.15) is 0 Å². The number of carbonyl (C=O) groups is 1. The minimum Gasteiger partial charge on any atom is -0.476 e. The van der Waals surface area contributed by atoms with Crippen molar-refractivity contribution in [2.24, 2.45) is 5.92 Å². The molecule has 6 nitrogen and oxygen atoms in total. The summed E-state index contributed by atoms with van der Waals surface area (Å²) in [6.45, 7) is 16.6. The summed E-state index contributed by atoms with van der Waals surface area (Å²) in [7, 11) is 0. The molecule has 2 heterocycles. The molecule has 2 N–H and O–H groups in total. The van der Waals surface area contributed by atoms with E-state index in [1.807, 2.05) is 24.4 Å². The molecule has 6 heteroatoms. The number of nitrogens with one attached hydrogen (secondary N) is 1. The monoisotopic (exact) mass is 476 g/mol. The van der Waals surface area contributed by atoms with Gasteiger partial charge in [-0.05, 0) is 73.1 Å². The fourth-order valence-electron chi connectivity index (χ4n) is 5.28. The van der Waals surface area contributed by atoms with Gasteiger partial charge in [0.2, 0.25) is 0 Å². The fraction of sp³-hybridized carbons (Fsp3) is 0.483. The van der Waals surface area contributed by atoms with E-state index in [1.54, 1.807) is 4.90 Å². The molecule has 1 aromatic carbocycles. The zero-order valence-electron chi connectivity index (χ0n) is 21.5. The number of likely N-dealkylation sites (N-methyl/N-ethyl adjacent to an activating group) is 1. The summed E-state index contributed by atoms with van der Waals surface area (Å²) >= 11 is 0. The van der Waals surface area contributed by atoms with E-state index in [4.69, 9.17) is 0 Å². The summed E-state index contributed by atoms with van der Waals surface area (Å²) < 4.78 is 0. The Hall–Kier alpha value is -2.99. The standard InChI is InChI=1S/C29H40N4O2/c1-5-31-16-18-32(19-17-31)27-13-11-23(24-8-6-7-9-25(24)27)20-30-26-12-10-22(4)33(15-14-21(2)3)28(26)29(34)35/h10-15,21,30H,4-9,16-20H2,1-3H3,(H,34,35)/b15-14-. The van der Waals surface area contributed by atoms with Crippen LogP contribution < -0.4 is 10.2 Å². The van der Waals surface area contributed by atoms with E-state index in [0.29, 0.717) is 23.9 Å². The van der Waals surface area contributed by atoms with Crippen molar-refractivity contribution in [2.75, 3.05) is 37.6 Å². The molecular weight excluding hydrogens is 436 g/mol. The molecule has 0 aromatic heterocycles. The molecule has 188 valence electrons. The highest BCUT2D eigenvalue weighted by Gasteiger charge is 2.26. The summed E-state index contributed by atoms with van der Waals surface area (Å²) in [5.74, 6) is -0.648. The van der Waals surface area contributed by atoms with Crippen LogP contribution >= 0.6 is 0 Å². The second kappa shape index (κ2) is 11.2. The average molecular weight is 477 g/mol. The Morgan fingerprint density at radius 2 is 1.83 bits per heavy atom. The first kappa shape index (κ1) is 25.1. The van der Waals surface area contributed by atoms with Crippen LogP contribution in [-0.4, -0.2) is 53.6 Å². The Balaban J connectivity index is 1.58. The Bertz CT molecular complexity index is 1050. The second-order valence-corrected chi connectivity index (χ2v) is 10.0. The van der Waals surface area contributed by atoms with Crippen LogP contribution in [-0.2, 0) is 24.2 Å². The predicted octanol–water partition coefficient (Wildman–Crippen LogP) is 4.65. The van der Waals surface area contributed by atoms with Crippen LogP contribution in [0.15, 0.2) is 60.2 Å². The molecule has 35 heavy (non-hydrogen) atoms. The van der Waals surface area contributed by atoms with E-state index in [-0.39, 0.29) is 5.70 Å². The number of allylic oxidation sites excluding steroid dienone is 3. The van der Waals surface area contributed by atoms with Gasteiger partial charge >= 0.3 is 5.97 Å². The van der Waals surface area contributed by atoms with Gasteiger partial charge < -0.3 is 25.1 Å². The van der Waals surface area contributed by atoms with Crippen LogP contribution in [0, 0.1) is 5.92 Å². The highest BCUT2D eigenvalue weighted by atomic mass is 16.4. The number of benzene rings is 1. The zero-order valence-corrected chi connectivity index (χ0v) is 21.5.